The zero-order valence-corrected chi connectivity index (χ0v) is 16.6. The first-order chi connectivity index (χ1) is 13.9. The SMILES string of the molecule is CC(=O)N[C@H]1C[C@H]2CN(Cc3ccccc3F)C[C@H](NC(=O)C3CC3)C(=O)N2C1. The van der Waals surface area contributed by atoms with Crippen LogP contribution in [0.15, 0.2) is 24.3 Å². The summed E-state index contributed by atoms with van der Waals surface area (Å²) in [5, 5.41) is 5.81. The molecule has 3 aliphatic rings. The van der Waals surface area contributed by atoms with Crippen LogP contribution in [0.4, 0.5) is 4.39 Å². The van der Waals surface area contributed by atoms with E-state index in [9.17, 15) is 18.8 Å². The maximum absolute atomic E-state index is 14.2. The summed E-state index contributed by atoms with van der Waals surface area (Å²) in [6.07, 6.45) is 2.38. The van der Waals surface area contributed by atoms with Gasteiger partial charge in [-0.05, 0) is 25.3 Å². The van der Waals surface area contributed by atoms with Crippen LogP contribution < -0.4 is 10.6 Å². The van der Waals surface area contributed by atoms with E-state index in [-0.39, 0.29) is 41.5 Å². The van der Waals surface area contributed by atoms with Crippen molar-refractivity contribution in [2.24, 2.45) is 5.92 Å². The van der Waals surface area contributed by atoms with Crippen LogP contribution in [0.1, 0.15) is 31.7 Å². The first kappa shape index (κ1) is 19.8. The molecule has 3 amide bonds. The Morgan fingerprint density at radius 3 is 2.59 bits per heavy atom. The Morgan fingerprint density at radius 1 is 1.14 bits per heavy atom. The predicted molar refractivity (Wildman–Crippen MR) is 104 cm³/mol. The molecule has 0 aromatic heterocycles. The Morgan fingerprint density at radius 2 is 1.90 bits per heavy atom. The number of carbonyl (C=O) groups excluding carboxylic acids is 3. The number of benzene rings is 1. The average Bonchev–Trinajstić information content (AvgIpc) is 3.45. The van der Waals surface area contributed by atoms with Gasteiger partial charge in [0.05, 0.1) is 0 Å². The minimum atomic E-state index is -0.657. The van der Waals surface area contributed by atoms with Gasteiger partial charge in [0, 0.05) is 56.7 Å². The highest BCUT2D eigenvalue weighted by atomic mass is 19.1. The minimum Gasteiger partial charge on any atom is -0.352 e. The second kappa shape index (κ2) is 8.10. The molecule has 1 saturated carbocycles. The van der Waals surface area contributed by atoms with E-state index >= 15 is 0 Å². The van der Waals surface area contributed by atoms with Gasteiger partial charge in [-0.2, -0.15) is 0 Å². The summed E-state index contributed by atoms with van der Waals surface area (Å²) in [6.45, 7) is 3.20. The zero-order valence-electron chi connectivity index (χ0n) is 16.6. The van der Waals surface area contributed by atoms with Gasteiger partial charge in [-0.1, -0.05) is 18.2 Å². The van der Waals surface area contributed by atoms with E-state index in [1.165, 1.54) is 13.0 Å². The van der Waals surface area contributed by atoms with Crippen molar-refractivity contribution in [3.8, 4) is 0 Å². The number of halogens is 1. The zero-order chi connectivity index (χ0) is 20.5. The second-order valence-electron chi connectivity index (χ2n) is 8.40. The molecule has 8 heteroatoms. The summed E-state index contributed by atoms with van der Waals surface area (Å²) in [5.74, 6) is -0.589. The summed E-state index contributed by atoms with van der Waals surface area (Å²) >= 11 is 0. The quantitative estimate of drug-likeness (QED) is 0.758. The number of nitrogens with zero attached hydrogens (tertiary/aromatic N) is 2. The third-order valence-corrected chi connectivity index (χ3v) is 5.93. The van der Waals surface area contributed by atoms with Gasteiger partial charge in [0.15, 0.2) is 0 Å². The van der Waals surface area contributed by atoms with Gasteiger partial charge in [-0.25, -0.2) is 4.39 Å². The van der Waals surface area contributed by atoms with Crippen molar-refractivity contribution in [1.82, 2.24) is 20.4 Å². The monoisotopic (exact) mass is 402 g/mol. The van der Waals surface area contributed by atoms with Gasteiger partial charge in [0.2, 0.25) is 17.7 Å². The molecule has 29 heavy (non-hydrogen) atoms. The largest absolute Gasteiger partial charge is 0.352 e. The van der Waals surface area contributed by atoms with Crippen LogP contribution >= 0.6 is 0 Å². The molecule has 0 spiro atoms. The van der Waals surface area contributed by atoms with Crippen molar-refractivity contribution >= 4 is 17.7 Å². The highest BCUT2D eigenvalue weighted by Crippen LogP contribution is 2.30. The van der Waals surface area contributed by atoms with Crippen LogP contribution in [0.2, 0.25) is 0 Å². The second-order valence-corrected chi connectivity index (χ2v) is 8.40. The van der Waals surface area contributed by atoms with E-state index in [1.807, 2.05) is 4.90 Å². The molecule has 1 aromatic rings. The fourth-order valence-corrected chi connectivity index (χ4v) is 4.40. The first-order valence-electron chi connectivity index (χ1n) is 10.2. The molecule has 2 heterocycles. The normalized spacial score (nSPS) is 27.3. The lowest BCUT2D eigenvalue weighted by Crippen LogP contribution is -2.52. The molecule has 3 atom stereocenters. The van der Waals surface area contributed by atoms with Gasteiger partial charge in [-0.3, -0.25) is 19.3 Å². The Labute approximate surface area is 169 Å². The van der Waals surface area contributed by atoms with Crippen LogP contribution in [0, 0.1) is 11.7 Å². The van der Waals surface area contributed by atoms with Crippen molar-refractivity contribution in [2.75, 3.05) is 19.6 Å². The first-order valence-corrected chi connectivity index (χ1v) is 10.2. The number of hydrogen-bond acceptors (Lipinski definition) is 4. The van der Waals surface area contributed by atoms with Gasteiger partial charge in [-0.15, -0.1) is 0 Å². The number of fused-ring (bicyclic) bond motifs is 1. The van der Waals surface area contributed by atoms with Gasteiger partial charge < -0.3 is 15.5 Å². The molecule has 0 unspecified atom stereocenters. The van der Waals surface area contributed by atoms with Gasteiger partial charge in [0.25, 0.3) is 0 Å². The maximum Gasteiger partial charge on any atom is 0.246 e. The Kier molecular flexibility index (Phi) is 5.54. The maximum atomic E-state index is 14.2. The number of amides is 3. The van der Waals surface area contributed by atoms with E-state index in [0.29, 0.717) is 38.2 Å². The molecule has 2 aliphatic heterocycles. The summed E-state index contributed by atoms with van der Waals surface area (Å²) in [6, 6.07) is 5.79. The fourth-order valence-electron chi connectivity index (χ4n) is 4.40. The highest BCUT2D eigenvalue weighted by Gasteiger charge is 2.43. The van der Waals surface area contributed by atoms with E-state index < -0.39 is 6.04 Å². The van der Waals surface area contributed by atoms with Crippen molar-refractivity contribution < 1.29 is 18.8 Å². The van der Waals surface area contributed by atoms with Crippen LogP contribution in [0.25, 0.3) is 0 Å². The van der Waals surface area contributed by atoms with E-state index in [0.717, 1.165) is 12.8 Å². The van der Waals surface area contributed by atoms with Gasteiger partial charge in [0.1, 0.15) is 11.9 Å². The highest BCUT2D eigenvalue weighted by molar-refractivity contribution is 5.90. The van der Waals surface area contributed by atoms with Crippen molar-refractivity contribution in [1.29, 1.82) is 0 Å². The molecule has 156 valence electrons. The third-order valence-electron chi connectivity index (χ3n) is 5.93. The molecular formula is C21H27FN4O3. The lowest BCUT2D eigenvalue weighted by atomic mass is 10.1. The summed E-state index contributed by atoms with van der Waals surface area (Å²) in [5.41, 5.74) is 0.567. The third kappa shape index (κ3) is 4.58. The van der Waals surface area contributed by atoms with Crippen molar-refractivity contribution in [3.63, 3.8) is 0 Å². The van der Waals surface area contributed by atoms with Gasteiger partial charge >= 0.3 is 0 Å². The van der Waals surface area contributed by atoms with Crippen LogP contribution in [0.5, 0.6) is 0 Å². The molecule has 0 bridgehead atoms. The molecule has 2 saturated heterocycles. The Hall–Kier alpha value is -2.48. The Balaban J connectivity index is 1.54. The van der Waals surface area contributed by atoms with E-state index in [2.05, 4.69) is 10.6 Å². The van der Waals surface area contributed by atoms with Crippen molar-refractivity contribution in [2.45, 2.75) is 50.9 Å². The number of carbonyl (C=O) groups is 3. The van der Waals surface area contributed by atoms with Crippen LogP contribution in [-0.2, 0) is 20.9 Å². The molecule has 3 fully saturated rings. The summed E-state index contributed by atoms with van der Waals surface area (Å²) < 4.78 is 14.2. The number of rotatable bonds is 5. The van der Waals surface area contributed by atoms with E-state index in [4.69, 9.17) is 0 Å². The molecule has 1 aromatic carbocycles. The standard InChI is InChI=1S/C21H27FN4O3/c1-13(27)23-16-8-17-11-25(9-15-4-2-3-5-18(15)22)12-19(21(29)26(17)10-16)24-20(28)14-6-7-14/h2-5,14,16-17,19H,6-12H2,1H3,(H,23,27)(H,24,28)/t16-,17-,19-/m0/s1. The number of hydrogen-bond donors (Lipinski definition) is 2. The lowest BCUT2D eigenvalue weighted by molar-refractivity contribution is -0.136. The smallest absolute Gasteiger partial charge is 0.246 e. The topological polar surface area (TPSA) is 81.8 Å². The lowest BCUT2D eigenvalue weighted by Gasteiger charge is -2.25. The molecule has 4 rings (SSSR count). The molecule has 2 N–H and O–H groups in total. The number of nitrogens with one attached hydrogen (secondary N) is 2. The summed E-state index contributed by atoms with van der Waals surface area (Å²) in [4.78, 5) is 40.8. The molecular weight excluding hydrogens is 375 g/mol. The predicted octanol–water partition coefficient (Wildman–Crippen LogP) is 0.642. The Bertz CT molecular complexity index is 813. The molecule has 0 radical (unpaired) electrons. The molecule has 7 nitrogen and oxygen atoms in total. The molecule has 1 aliphatic carbocycles. The fraction of sp³-hybridized carbons (Fsp3) is 0.571. The average molecular weight is 402 g/mol. The minimum absolute atomic E-state index is 0.00701. The summed E-state index contributed by atoms with van der Waals surface area (Å²) in [7, 11) is 0. The van der Waals surface area contributed by atoms with Crippen LogP contribution in [-0.4, -0.2) is 65.3 Å². The van der Waals surface area contributed by atoms with E-state index in [1.54, 1.807) is 23.1 Å². The van der Waals surface area contributed by atoms with Crippen LogP contribution in [0.3, 0.4) is 0 Å². The van der Waals surface area contributed by atoms with Crippen molar-refractivity contribution in [3.05, 3.63) is 35.6 Å².